The van der Waals surface area contributed by atoms with Crippen molar-refractivity contribution in [3.63, 3.8) is 0 Å². The molecule has 1 heterocycles. The van der Waals surface area contributed by atoms with Crippen LogP contribution in [-0.4, -0.2) is 11.7 Å². The molecule has 0 fully saturated rings. The molecule has 0 aliphatic carbocycles. The maximum absolute atomic E-state index is 8.28. The maximum Gasteiger partial charge on any atom is 0.105 e. The molecule has 0 aromatic carbocycles. The van der Waals surface area contributed by atoms with Gasteiger partial charge < -0.3 is 5.11 Å². The molecule has 0 spiro atoms. The lowest BCUT2D eigenvalue weighted by Gasteiger charge is -1.70. The summed E-state index contributed by atoms with van der Waals surface area (Å²) in [5, 5.41) is 10.2. The summed E-state index contributed by atoms with van der Waals surface area (Å²) in [6, 6.07) is 3.87. The Morgan fingerprint density at radius 2 is 2.36 bits per heavy atom. The molecule has 2 heteroatoms. The summed E-state index contributed by atoms with van der Waals surface area (Å²) in [7, 11) is 0. The summed E-state index contributed by atoms with van der Waals surface area (Å²) in [6.07, 6.45) is 0. The van der Waals surface area contributed by atoms with Crippen molar-refractivity contribution < 1.29 is 5.11 Å². The van der Waals surface area contributed by atoms with Gasteiger partial charge in [0.25, 0.3) is 0 Å². The molecule has 0 unspecified atom stereocenters. The third-order valence-electron chi connectivity index (χ3n) is 0.937. The Balaban J connectivity index is 2.59. The highest BCUT2D eigenvalue weighted by Crippen LogP contribution is 2.04. The van der Waals surface area contributed by atoms with E-state index in [1.165, 1.54) is 0 Å². The lowest BCUT2D eigenvalue weighted by Crippen LogP contribution is -1.68. The van der Waals surface area contributed by atoms with Crippen LogP contribution in [0.3, 0.4) is 0 Å². The van der Waals surface area contributed by atoms with Crippen LogP contribution in [0.4, 0.5) is 0 Å². The molecule has 0 saturated carbocycles. The van der Waals surface area contributed by atoms with Crippen LogP contribution in [0.25, 0.3) is 0 Å². The summed E-state index contributed by atoms with van der Waals surface area (Å²) in [4.78, 5) is 0.997. The van der Waals surface area contributed by atoms with E-state index >= 15 is 0 Å². The summed E-state index contributed by atoms with van der Waals surface area (Å²) in [5.74, 6) is 10.4. The molecule has 1 rings (SSSR count). The minimum Gasteiger partial charge on any atom is -0.384 e. The van der Waals surface area contributed by atoms with Crippen LogP contribution in [0.5, 0.6) is 0 Å². The minimum absolute atomic E-state index is 0.126. The Hall–Kier alpha value is -1.22. The van der Waals surface area contributed by atoms with Crippen molar-refractivity contribution in [3.8, 4) is 23.7 Å². The topological polar surface area (TPSA) is 20.2 Å². The lowest BCUT2D eigenvalue weighted by molar-refractivity contribution is 0.350. The van der Waals surface area contributed by atoms with Gasteiger partial charge in [-0.3, -0.25) is 0 Å². The predicted octanol–water partition coefficient (Wildman–Crippen LogP) is 1.10. The van der Waals surface area contributed by atoms with Gasteiger partial charge in [0, 0.05) is 0 Å². The minimum atomic E-state index is -0.126. The first-order valence-corrected chi connectivity index (χ1v) is 3.94. The molecule has 0 aliphatic rings. The molecule has 1 nitrogen and oxygen atoms in total. The van der Waals surface area contributed by atoms with E-state index in [2.05, 4.69) is 23.7 Å². The van der Waals surface area contributed by atoms with E-state index in [1.54, 1.807) is 11.3 Å². The van der Waals surface area contributed by atoms with Gasteiger partial charge in [-0.05, 0) is 29.2 Å². The molecule has 0 bridgehead atoms. The van der Waals surface area contributed by atoms with Gasteiger partial charge in [-0.2, -0.15) is 0 Å². The smallest absolute Gasteiger partial charge is 0.105 e. The third-order valence-corrected chi connectivity index (χ3v) is 1.72. The molecule has 54 valence electrons. The second-order valence-electron chi connectivity index (χ2n) is 1.69. The van der Waals surface area contributed by atoms with Crippen LogP contribution in [-0.2, 0) is 0 Å². The second kappa shape index (κ2) is 4.57. The lowest BCUT2D eigenvalue weighted by atomic mass is 10.4. The summed E-state index contributed by atoms with van der Waals surface area (Å²) < 4.78 is 0. The van der Waals surface area contributed by atoms with E-state index in [1.807, 2.05) is 17.5 Å². The molecule has 0 atom stereocenters. The SMILES string of the molecule is OCC#CC#Cc1cccs1. The summed E-state index contributed by atoms with van der Waals surface area (Å²) in [6.45, 7) is -0.126. The van der Waals surface area contributed by atoms with Gasteiger partial charge in [0.2, 0.25) is 0 Å². The van der Waals surface area contributed by atoms with Gasteiger partial charge >= 0.3 is 0 Å². The van der Waals surface area contributed by atoms with Gasteiger partial charge in [-0.25, -0.2) is 0 Å². The van der Waals surface area contributed by atoms with Gasteiger partial charge in [0.05, 0.1) is 4.88 Å². The zero-order valence-corrected chi connectivity index (χ0v) is 6.61. The fourth-order valence-electron chi connectivity index (χ4n) is 0.526. The van der Waals surface area contributed by atoms with Crippen molar-refractivity contribution in [1.82, 2.24) is 0 Å². The van der Waals surface area contributed by atoms with E-state index in [-0.39, 0.29) is 6.61 Å². The molecular formula is C9H6OS. The van der Waals surface area contributed by atoms with Crippen molar-refractivity contribution in [2.24, 2.45) is 0 Å². The van der Waals surface area contributed by atoms with Gasteiger partial charge in [-0.1, -0.05) is 12.0 Å². The van der Waals surface area contributed by atoms with Gasteiger partial charge in [0.1, 0.15) is 6.61 Å². The van der Waals surface area contributed by atoms with Crippen LogP contribution in [0.2, 0.25) is 0 Å². The molecule has 0 saturated heterocycles. The number of hydrogen-bond acceptors (Lipinski definition) is 2. The second-order valence-corrected chi connectivity index (χ2v) is 2.63. The molecule has 0 radical (unpaired) electrons. The van der Waals surface area contributed by atoms with Crippen LogP contribution >= 0.6 is 11.3 Å². The van der Waals surface area contributed by atoms with Gasteiger partial charge in [0.15, 0.2) is 0 Å². The Kier molecular flexibility index (Phi) is 3.28. The Labute approximate surface area is 69.7 Å². The van der Waals surface area contributed by atoms with E-state index in [4.69, 9.17) is 5.11 Å². The van der Waals surface area contributed by atoms with Crippen molar-refractivity contribution in [1.29, 1.82) is 0 Å². The first-order valence-electron chi connectivity index (χ1n) is 3.06. The van der Waals surface area contributed by atoms with Gasteiger partial charge in [-0.15, -0.1) is 11.3 Å². The van der Waals surface area contributed by atoms with E-state index < -0.39 is 0 Å². The average Bonchev–Trinajstić information content (AvgIpc) is 2.50. The molecular weight excluding hydrogens is 156 g/mol. The largest absolute Gasteiger partial charge is 0.384 e. The standard InChI is InChI=1S/C9H6OS/c10-7-3-1-2-5-9-6-4-8-11-9/h4,6,8,10H,7H2. The zero-order chi connectivity index (χ0) is 7.94. The highest BCUT2D eigenvalue weighted by molar-refractivity contribution is 7.10. The predicted molar refractivity (Wildman–Crippen MR) is 46.1 cm³/mol. The van der Waals surface area contributed by atoms with E-state index in [9.17, 15) is 0 Å². The monoisotopic (exact) mass is 162 g/mol. The Morgan fingerprint density at radius 3 is 3.00 bits per heavy atom. The number of rotatable bonds is 0. The highest BCUT2D eigenvalue weighted by Gasteiger charge is 1.81. The first kappa shape index (κ1) is 7.88. The third kappa shape index (κ3) is 2.91. The molecule has 11 heavy (non-hydrogen) atoms. The molecule has 0 amide bonds. The number of aliphatic hydroxyl groups is 1. The van der Waals surface area contributed by atoms with Crippen molar-refractivity contribution >= 4 is 11.3 Å². The van der Waals surface area contributed by atoms with Crippen LogP contribution < -0.4 is 0 Å². The Bertz CT molecular complexity index is 316. The normalized spacial score (nSPS) is 7.36. The zero-order valence-electron chi connectivity index (χ0n) is 5.79. The van der Waals surface area contributed by atoms with Crippen LogP contribution in [0.1, 0.15) is 4.88 Å². The number of aliphatic hydroxyl groups excluding tert-OH is 1. The molecule has 1 aromatic rings. The van der Waals surface area contributed by atoms with Crippen molar-refractivity contribution in [2.75, 3.05) is 6.61 Å². The quantitative estimate of drug-likeness (QED) is 0.566. The molecule has 1 aromatic heterocycles. The maximum atomic E-state index is 8.28. The first-order chi connectivity index (χ1) is 5.43. The summed E-state index contributed by atoms with van der Waals surface area (Å²) in [5.41, 5.74) is 0. The van der Waals surface area contributed by atoms with E-state index in [0.29, 0.717) is 0 Å². The van der Waals surface area contributed by atoms with Crippen molar-refractivity contribution in [2.45, 2.75) is 0 Å². The van der Waals surface area contributed by atoms with Crippen LogP contribution in [0, 0.1) is 23.7 Å². The number of thiophene rings is 1. The highest BCUT2D eigenvalue weighted by atomic mass is 32.1. The van der Waals surface area contributed by atoms with Crippen LogP contribution in [0.15, 0.2) is 17.5 Å². The fourth-order valence-corrected chi connectivity index (χ4v) is 1.10. The molecule has 1 N–H and O–H groups in total. The molecule has 0 aliphatic heterocycles. The Morgan fingerprint density at radius 1 is 1.45 bits per heavy atom. The van der Waals surface area contributed by atoms with Crippen molar-refractivity contribution in [3.05, 3.63) is 22.4 Å². The number of hydrogen-bond donors (Lipinski definition) is 1. The summed E-state index contributed by atoms with van der Waals surface area (Å²) >= 11 is 1.58. The average molecular weight is 162 g/mol. The van der Waals surface area contributed by atoms with E-state index in [0.717, 1.165) is 4.88 Å². The fraction of sp³-hybridized carbons (Fsp3) is 0.111.